The number of nitrogens with one attached hydrogen (secondary N) is 1. The molecular formula is C13H15F3N4. The fraction of sp³-hybridized carbons (Fsp3) is 0.385. The van der Waals surface area contributed by atoms with Crippen LogP contribution in [0, 0.1) is 5.92 Å². The highest BCUT2D eigenvalue weighted by Crippen LogP contribution is 2.30. The van der Waals surface area contributed by atoms with Gasteiger partial charge in [0.1, 0.15) is 5.82 Å². The average molecular weight is 284 g/mol. The topological polar surface area (TPSA) is 67.6 Å². The van der Waals surface area contributed by atoms with Crippen molar-refractivity contribution in [2.45, 2.75) is 26.1 Å². The van der Waals surface area contributed by atoms with E-state index in [-0.39, 0.29) is 12.0 Å². The molecule has 2 aromatic rings. The normalized spacial score (nSPS) is 13.8. The summed E-state index contributed by atoms with van der Waals surface area (Å²) >= 11 is 0. The Hall–Kier alpha value is -1.89. The number of aromatic amines is 1. The molecule has 7 heteroatoms. The van der Waals surface area contributed by atoms with Gasteiger partial charge in [-0.1, -0.05) is 26.0 Å². The molecule has 0 radical (unpaired) electrons. The summed E-state index contributed by atoms with van der Waals surface area (Å²) in [4.78, 5) is 4.22. The van der Waals surface area contributed by atoms with Crippen molar-refractivity contribution in [3.8, 4) is 11.4 Å². The van der Waals surface area contributed by atoms with Crippen molar-refractivity contribution in [3.63, 3.8) is 0 Å². The van der Waals surface area contributed by atoms with E-state index < -0.39 is 11.7 Å². The van der Waals surface area contributed by atoms with E-state index in [0.29, 0.717) is 17.2 Å². The van der Waals surface area contributed by atoms with Gasteiger partial charge in [0.15, 0.2) is 5.82 Å². The molecule has 1 heterocycles. The Labute approximate surface area is 114 Å². The molecule has 4 nitrogen and oxygen atoms in total. The molecule has 0 spiro atoms. The van der Waals surface area contributed by atoms with Crippen LogP contribution in [0.15, 0.2) is 24.3 Å². The van der Waals surface area contributed by atoms with E-state index in [4.69, 9.17) is 5.73 Å². The Morgan fingerprint density at radius 1 is 1.15 bits per heavy atom. The van der Waals surface area contributed by atoms with Gasteiger partial charge in [0, 0.05) is 5.56 Å². The van der Waals surface area contributed by atoms with Crippen LogP contribution in [0.25, 0.3) is 11.4 Å². The van der Waals surface area contributed by atoms with Gasteiger partial charge in [-0.25, -0.2) is 4.98 Å². The second kappa shape index (κ2) is 5.24. The molecule has 0 aliphatic heterocycles. The first kappa shape index (κ1) is 14.5. The van der Waals surface area contributed by atoms with E-state index in [1.54, 1.807) is 0 Å². The van der Waals surface area contributed by atoms with Crippen molar-refractivity contribution in [1.29, 1.82) is 0 Å². The van der Waals surface area contributed by atoms with Crippen LogP contribution < -0.4 is 5.73 Å². The van der Waals surface area contributed by atoms with Gasteiger partial charge in [-0.05, 0) is 18.1 Å². The summed E-state index contributed by atoms with van der Waals surface area (Å²) in [6, 6.07) is 4.42. The number of alkyl halides is 3. The lowest BCUT2D eigenvalue weighted by molar-refractivity contribution is -0.137. The van der Waals surface area contributed by atoms with Crippen LogP contribution in [0.5, 0.6) is 0 Å². The number of rotatable bonds is 3. The summed E-state index contributed by atoms with van der Waals surface area (Å²) in [6.45, 7) is 3.90. The molecule has 108 valence electrons. The fourth-order valence-electron chi connectivity index (χ4n) is 1.68. The number of aromatic nitrogens is 3. The van der Waals surface area contributed by atoms with Gasteiger partial charge in [0.2, 0.25) is 0 Å². The highest BCUT2D eigenvalue weighted by molar-refractivity contribution is 5.55. The summed E-state index contributed by atoms with van der Waals surface area (Å²) < 4.78 is 37.4. The van der Waals surface area contributed by atoms with E-state index in [1.165, 1.54) is 12.1 Å². The number of hydrogen-bond donors (Lipinski definition) is 2. The van der Waals surface area contributed by atoms with E-state index in [0.717, 1.165) is 12.1 Å². The lowest BCUT2D eigenvalue weighted by Gasteiger charge is -2.11. The third-order valence-electron chi connectivity index (χ3n) is 3.01. The smallest absolute Gasteiger partial charge is 0.321 e. The second-order valence-corrected chi connectivity index (χ2v) is 4.89. The molecular weight excluding hydrogens is 269 g/mol. The van der Waals surface area contributed by atoms with Crippen LogP contribution in [0.4, 0.5) is 13.2 Å². The van der Waals surface area contributed by atoms with E-state index >= 15 is 0 Å². The molecule has 20 heavy (non-hydrogen) atoms. The maximum absolute atomic E-state index is 12.5. The Kier molecular flexibility index (Phi) is 3.80. The third kappa shape index (κ3) is 2.98. The van der Waals surface area contributed by atoms with Crippen LogP contribution in [-0.2, 0) is 6.18 Å². The minimum Gasteiger partial charge on any atom is -0.321 e. The predicted molar refractivity (Wildman–Crippen MR) is 68.6 cm³/mol. The second-order valence-electron chi connectivity index (χ2n) is 4.89. The molecule has 2 rings (SSSR count). The quantitative estimate of drug-likeness (QED) is 0.909. The molecule has 0 aliphatic rings. The number of hydrogen-bond acceptors (Lipinski definition) is 3. The number of benzene rings is 1. The zero-order chi connectivity index (χ0) is 14.9. The van der Waals surface area contributed by atoms with Crippen LogP contribution in [-0.4, -0.2) is 15.2 Å². The van der Waals surface area contributed by atoms with Crippen LogP contribution in [0.2, 0.25) is 0 Å². The van der Waals surface area contributed by atoms with E-state index in [1.807, 2.05) is 13.8 Å². The SMILES string of the molecule is CC(C)[C@@H](N)c1nc(-c2ccc(C(F)(F)F)cc2)n[nH]1. The predicted octanol–water partition coefficient (Wildman–Crippen LogP) is 3.15. The lowest BCUT2D eigenvalue weighted by Crippen LogP contribution is -2.18. The van der Waals surface area contributed by atoms with Crippen molar-refractivity contribution in [2.24, 2.45) is 11.7 Å². The summed E-state index contributed by atoms with van der Waals surface area (Å²) in [5.74, 6) is 1.04. The van der Waals surface area contributed by atoms with E-state index in [9.17, 15) is 13.2 Å². The third-order valence-corrected chi connectivity index (χ3v) is 3.01. The molecule has 0 bridgehead atoms. The Bertz CT molecular complexity index is 572. The molecule has 3 N–H and O–H groups in total. The van der Waals surface area contributed by atoms with Gasteiger partial charge >= 0.3 is 6.18 Å². The minimum absolute atomic E-state index is 0.184. The summed E-state index contributed by atoms with van der Waals surface area (Å²) in [6.07, 6.45) is -4.34. The van der Waals surface area contributed by atoms with Gasteiger partial charge < -0.3 is 5.73 Å². The first-order valence-corrected chi connectivity index (χ1v) is 6.14. The summed E-state index contributed by atoms with van der Waals surface area (Å²) in [5, 5.41) is 6.71. The van der Waals surface area contributed by atoms with Crippen LogP contribution >= 0.6 is 0 Å². The van der Waals surface area contributed by atoms with Crippen molar-refractivity contribution in [2.75, 3.05) is 0 Å². The standard InChI is InChI=1S/C13H15F3N4/c1-7(2)10(17)12-18-11(19-20-12)8-3-5-9(6-4-8)13(14,15)16/h3-7,10H,17H2,1-2H3,(H,18,19,20)/t10-/m1/s1. The fourth-order valence-corrected chi connectivity index (χ4v) is 1.68. The van der Waals surface area contributed by atoms with Crippen molar-refractivity contribution in [3.05, 3.63) is 35.7 Å². The van der Waals surface area contributed by atoms with E-state index in [2.05, 4.69) is 15.2 Å². The molecule has 0 fully saturated rings. The van der Waals surface area contributed by atoms with Crippen molar-refractivity contribution < 1.29 is 13.2 Å². The highest BCUT2D eigenvalue weighted by Gasteiger charge is 2.30. The molecule has 0 aliphatic carbocycles. The van der Waals surface area contributed by atoms with Gasteiger partial charge in [-0.3, -0.25) is 5.10 Å². The zero-order valence-electron chi connectivity index (χ0n) is 11.1. The zero-order valence-corrected chi connectivity index (χ0v) is 11.1. The first-order chi connectivity index (χ1) is 9.29. The lowest BCUT2D eigenvalue weighted by atomic mass is 10.1. The molecule has 1 aromatic heterocycles. The number of nitrogens with zero attached hydrogens (tertiary/aromatic N) is 2. The average Bonchev–Trinajstić information content (AvgIpc) is 2.86. The number of nitrogens with two attached hydrogens (primary N) is 1. The largest absolute Gasteiger partial charge is 0.416 e. The molecule has 0 amide bonds. The van der Waals surface area contributed by atoms with Gasteiger partial charge in [-0.15, -0.1) is 0 Å². The maximum atomic E-state index is 12.5. The number of halogens is 3. The number of H-pyrrole nitrogens is 1. The van der Waals surface area contributed by atoms with Gasteiger partial charge in [0.25, 0.3) is 0 Å². The molecule has 0 saturated heterocycles. The molecule has 0 unspecified atom stereocenters. The maximum Gasteiger partial charge on any atom is 0.416 e. The Morgan fingerprint density at radius 3 is 2.25 bits per heavy atom. The molecule has 1 atom stereocenters. The Balaban J connectivity index is 2.25. The summed E-state index contributed by atoms with van der Waals surface area (Å²) in [7, 11) is 0. The van der Waals surface area contributed by atoms with Gasteiger partial charge in [-0.2, -0.15) is 18.3 Å². The van der Waals surface area contributed by atoms with Crippen LogP contribution in [0.1, 0.15) is 31.3 Å². The Morgan fingerprint density at radius 2 is 1.75 bits per heavy atom. The van der Waals surface area contributed by atoms with Crippen LogP contribution in [0.3, 0.4) is 0 Å². The highest BCUT2D eigenvalue weighted by atomic mass is 19.4. The van der Waals surface area contributed by atoms with Crippen molar-refractivity contribution in [1.82, 2.24) is 15.2 Å². The van der Waals surface area contributed by atoms with Crippen molar-refractivity contribution >= 4 is 0 Å². The first-order valence-electron chi connectivity index (χ1n) is 6.14. The summed E-state index contributed by atoms with van der Waals surface area (Å²) in [5.41, 5.74) is 5.74. The molecule has 0 saturated carbocycles. The molecule has 1 aromatic carbocycles. The monoisotopic (exact) mass is 284 g/mol. The minimum atomic E-state index is -4.34. The van der Waals surface area contributed by atoms with Gasteiger partial charge in [0.05, 0.1) is 11.6 Å².